The molecule has 5 nitrogen and oxygen atoms in total. The van der Waals surface area contributed by atoms with Crippen molar-refractivity contribution in [2.24, 2.45) is 0 Å². The molecule has 1 aliphatic rings. The van der Waals surface area contributed by atoms with Gasteiger partial charge in [-0.3, -0.25) is 0 Å². The van der Waals surface area contributed by atoms with Gasteiger partial charge >= 0.3 is 0 Å². The lowest BCUT2D eigenvalue weighted by Gasteiger charge is -2.39. The summed E-state index contributed by atoms with van der Waals surface area (Å²) in [5, 5.41) is 22.2. The number of piperazine rings is 1. The fourth-order valence-corrected chi connectivity index (χ4v) is 1.62. The number of aliphatic hydroxyl groups excluding tert-OH is 2. The standard InChI is InChI=1S/C10H22N2O3/c1-10(2,3)15-9(14)12-5-4-11-6-8(12)7-13/h8-9,11,13-14H,4-7H2,1-3H3. The smallest absolute Gasteiger partial charge is 0.217 e. The van der Waals surface area contributed by atoms with Crippen molar-refractivity contribution in [1.29, 1.82) is 0 Å². The Labute approximate surface area is 91.0 Å². The van der Waals surface area contributed by atoms with Gasteiger partial charge in [0.1, 0.15) is 0 Å². The molecule has 0 amide bonds. The summed E-state index contributed by atoms with van der Waals surface area (Å²) in [4.78, 5) is 1.78. The molecular formula is C10H22N2O3. The van der Waals surface area contributed by atoms with E-state index in [2.05, 4.69) is 5.32 Å². The summed E-state index contributed by atoms with van der Waals surface area (Å²) in [6.45, 7) is 7.88. The first kappa shape index (κ1) is 12.9. The maximum Gasteiger partial charge on any atom is 0.217 e. The number of hydrogen-bond donors (Lipinski definition) is 3. The second kappa shape index (κ2) is 5.23. The highest BCUT2D eigenvalue weighted by atomic mass is 16.6. The van der Waals surface area contributed by atoms with Crippen LogP contribution in [0.2, 0.25) is 0 Å². The first-order valence-electron chi connectivity index (χ1n) is 5.37. The molecule has 1 heterocycles. The molecule has 0 bridgehead atoms. The van der Waals surface area contributed by atoms with Gasteiger partial charge in [0.15, 0.2) is 0 Å². The molecular weight excluding hydrogens is 196 g/mol. The van der Waals surface area contributed by atoms with Crippen LogP contribution in [-0.4, -0.2) is 59.4 Å². The van der Waals surface area contributed by atoms with E-state index in [1.54, 1.807) is 4.90 Å². The van der Waals surface area contributed by atoms with Gasteiger partial charge in [0.05, 0.1) is 12.2 Å². The van der Waals surface area contributed by atoms with Gasteiger partial charge in [-0.2, -0.15) is 0 Å². The Hall–Kier alpha value is -0.200. The molecule has 1 rings (SSSR count). The molecule has 5 heteroatoms. The molecule has 0 radical (unpaired) electrons. The summed E-state index contributed by atoms with van der Waals surface area (Å²) < 4.78 is 5.45. The Morgan fingerprint density at radius 2 is 2.20 bits per heavy atom. The molecule has 0 aromatic rings. The summed E-state index contributed by atoms with van der Waals surface area (Å²) in [5.74, 6) is 0. The molecule has 1 aliphatic heterocycles. The van der Waals surface area contributed by atoms with Gasteiger partial charge in [-0.25, -0.2) is 4.90 Å². The van der Waals surface area contributed by atoms with Crippen molar-refractivity contribution in [2.45, 2.75) is 38.8 Å². The summed E-state index contributed by atoms with van der Waals surface area (Å²) in [7, 11) is 0. The van der Waals surface area contributed by atoms with Crippen LogP contribution in [0.25, 0.3) is 0 Å². The van der Waals surface area contributed by atoms with Crippen LogP contribution in [-0.2, 0) is 4.74 Å². The second-order valence-corrected chi connectivity index (χ2v) is 4.83. The van der Waals surface area contributed by atoms with E-state index in [0.717, 1.165) is 6.54 Å². The predicted molar refractivity (Wildman–Crippen MR) is 57.3 cm³/mol. The van der Waals surface area contributed by atoms with E-state index in [0.29, 0.717) is 13.1 Å². The van der Waals surface area contributed by atoms with Crippen molar-refractivity contribution in [1.82, 2.24) is 10.2 Å². The predicted octanol–water partition coefficient (Wildman–Crippen LogP) is -0.656. The topological polar surface area (TPSA) is 65.0 Å². The molecule has 90 valence electrons. The largest absolute Gasteiger partial charge is 0.395 e. The quantitative estimate of drug-likeness (QED) is 0.549. The van der Waals surface area contributed by atoms with E-state index in [-0.39, 0.29) is 18.2 Å². The average molecular weight is 218 g/mol. The van der Waals surface area contributed by atoms with E-state index in [9.17, 15) is 5.11 Å². The summed E-state index contributed by atoms with van der Waals surface area (Å²) in [5.41, 5.74) is -0.385. The Balaban J connectivity index is 2.52. The average Bonchev–Trinajstić information content (AvgIpc) is 2.15. The molecule has 2 atom stereocenters. The van der Waals surface area contributed by atoms with Crippen molar-refractivity contribution in [3.8, 4) is 0 Å². The van der Waals surface area contributed by atoms with Crippen molar-refractivity contribution < 1.29 is 14.9 Å². The zero-order chi connectivity index (χ0) is 11.5. The number of hydrogen-bond acceptors (Lipinski definition) is 5. The van der Waals surface area contributed by atoms with Crippen LogP contribution in [0.5, 0.6) is 0 Å². The van der Waals surface area contributed by atoms with E-state index < -0.39 is 6.41 Å². The molecule has 0 aromatic heterocycles. The van der Waals surface area contributed by atoms with Crippen LogP contribution in [0.4, 0.5) is 0 Å². The number of nitrogens with zero attached hydrogens (tertiary/aromatic N) is 1. The van der Waals surface area contributed by atoms with Gasteiger partial charge in [0.2, 0.25) is 6.41 Å². The third-order valence-corrected chi connectivity index (χ3v) is 2.35. The van der Waals surface area contributed by atoms with Crippen LogP contribution >= 0.6 is 0 Å². The highest BCUT2D eigenvalue weighted by molar-refractivity contribution is 4.79. The Kier molecular flexibility index (Phi) is 4.48. The Bertz CT molecular complexity index is 194. The van der Waals surface area contributed by atoms with Crippen LogP contribution in [0, 0.1) is 0 Å². The normalized spacial score (nSPS) is 26.6. The molecule has 0 aliphatic carbocycles. The van der Waals surface area contributed by atoms with Crippen molar-refractivity contribution >= 4 is 0 Å². The summed E-state index contributed by atoms with van der Waals surface area (Å²) in [6.07, 6.45) is -0.941. The molecule has 0 aromatic carbocycles. The van der Waals surface area contributed by atoms with Gasteiger partial charge in [0.25, 0.3) is 0 Å². The van der Waals surface area contributed by atoms with E-state index in [1.165, 1.54) is 0 Å². The van der Waals surface area contributed by atoms with Crippen LogP contribution in [0.3, 0.4) is 0 Å². The number of nitrogens with one attached hydrogen (secondary N) is 1. The zero-order valence-electron chi connectivity index (χ0n) is 9.73. The molecule has 3 N–H and O–H groups in total. The summed E-state index contributed by atoms with van der Waals surface area (Å²) in [6, 6.07) is -0.0731. The second-order valence-electron chi connectivity index (χ2n) is 4.83. The molecule has 1 saturated heterocycles. The maximum absolute atomic E-state index is 9.88. The highest BCUT2D eigenvalue weighted by Crippen LogP contribution is 2.15. The third kappa shape index (κ3) is 4.04. The molecule has 2 unspecified atom stereocenters. The van der Waals surface area contributed by atoms with Crippen LogP contribution in [0.1, 0.15) is 20.8 Å². The minimum Gasteiger partial charge on any atom is -0.395 e. The monoisotopic (exact) mass is 218 g/mol. The van der Waals surface area contributed by atoms with Crippen molar-refractivity contribution in [2.75, 3.05) is 26.2 Å². The molecule has 1 fully saturated rings. The Morgan fingerprint density at radius 1 is 1.53 bits per heavy atom. The summed E-state index contributed by atoms with van der Waals surface area (Å²) >= 11 is 0. The lowest BCUT2D eigenvalue weighted by Crippen LogP contribution is -2.58. The van der Waals surface area contributed by atoms with E-state index in [4.69, 9.17) is 9.84 Å². The lowest BCUT2D eigenvalue weighted by atomic mass is 10.2. The van der Waals surface area contributed by atoms with Gasteiger partial charge < -0.3 is 20.3 Å². The fourth-order valence-electron chi connectivity index (χ4n) is 1.62. The first-order valence-corrected chi connectivity index (χ1v) is 5.37. The van der Waals surface area contributed by atoms with Gasteiger partial charge in [-0.15, -0.1) is 0 Å². The first-order chi connectivity index (χ1) is 6.94. The number of ether oxygens (including phenoxy) is 1. The van der Waals surface area contributed by atoms with Crippen molar-refractivity contribution in [3.05, 3.63) is 0 Å². The minimum atomic E-state index is -0.941. The maximum atomic E-state index is 9.88. The Morgan fingerprint density at radius 3 is 2.73 bits per heavy atom. The number of rotatable bonds is 3. The van der Waals surface area contributed by atoms with Crippen LogP contribution in [0.15, 0.2) is 0 Å². The number of aliphatic hydroxyl groups is 2. The fraction of sp³-hybridized carbons (Fsp3) is 1.00. The SMILES string of the molecule is CC(C)(C)OC(O)N1CCNCC1CO. The van der Waals surface area contributed by atoms with Gasteiger partial charge in [-0.1, -0.05) is 0 Å². The van der Waals surface area contributed by atoms with Crippen molar-refractivity contribution in [3.63, 3.8) is 0 Å². The van der Waals surface area contributed by atoms with E-state index >= 15 is 0 Å². The van der Waals surface area contributed by atoms with Crippen LogP contribution < -0.4 is 5.32 Å². The third-order valence-electron chi connectivity index (χ3n) is 2.35. The zero-order valence-corrected chi connectivity index (χ0v) is 9.73. The lowest BCUT2D eigenvalue weighted by molar-refractivity contribution is -0.252. The van der Waals surface area contributed by atoms with Gasteiger partial charge in [0, 0.05) is 25.7 Å². The molecule has 0 saturated carbocycles. The molecule has 0 spiro atoms. The minimum absolute atomic E-state index is 0.0254. The van der Waals surface area contributed by atoms with E-state index in [1.807, 2.05) is 20.8 Å². The van der Waals surface area contributed by atoms with Gasteiger partial charge in [-0.05, 0) is 20.8 Å². The highest BCUT2D eigenvalue weighted by Gasteiger charge is 2.30. The molecule has 15 heavy (non-hydrogen) atoms.